The average Bonchev–Trinajstić information content (AvgIpc) is 2.88. The zero-order valence-corrected chi connectivity index (χ0v) is 11.0. The van der Waals surface area contributed by atoms with Crippen LogP contribution in [0.3, 0.4) is 0 Å². The Kier molecular flexibility index (Phi) is 2.49. The number of rotatable bonds is 3. The number of carbonyl (C=O) groups is 1. The summed E-state index contributed by atoms with van der Waals surface area (Å²) in [5.41, 5.74) is 3.47. The van der Waals surface area contributed by atoms with Gasteiger partial charge in [-0.3, -0.25) is 4.79 Å². The van der Waals surface area contributed by atoms with Gasteiger partial charge in [0.25, 0.3) is 0 Å². The molecule has 4 rings (SSSR count). The van der Waals surface area contributed by atoms with Crippen LogP contribution in [0, 0.1) is 0 Å². The first-order chi connectivity index (χ1) is 9.81. The molecule has 20 heavy (non-hydrogen) atoms. The maximum absolute atomic E-state index is 12.3. The van der Waals surface area contributed by atoms with Crippen LogP contribution < -0.4 is 0 Å². The summed E-state index contributed by atoms with van der Waals surface area (Å²) >= 11 is 0. The first-order valence-electron chi connectivity index (χ1n) is 6.91. The third-order valence-electron chi connectivity index (χ3n) is 4.09. The van der Waals surface area contributed by atoms with Crippen LogP contribution in [0.1, 0.15) is 34.0 Å². The largest absolute Gasteiger partial charge is 0.453 e. The maximum Gasteiger partial charge on any atom is 0.198 e. The SMILES string of the molecule is O=C(CC1Cc2ccccc21)c1cc2ccccc2o1. The minimum Gasteiger partial charge on any atom is -0.453 e. The van der Waals surface area contributed by atoms with Crippen molar-refractivity contribution in [1.82, 2.24) is 0 Å². The van der Waals surface area contributed by atoms with Crippen LogP contribution in [-0.4, -0.2) is 5.78 Å². The second-order valence-electron chi connectivity index (χ2n) is 5.38. The molecule has 0 fully saturated rings. The van der Waals surface area contributed by atoms with Gasteiger partial charge in [-0.25, -0.2) is 0 Å². The van der Waals surface area contributed by atoms with E-state index in [2.05, 4.69) is 18.2 Å². The van der Waals surface area contributed by atoms with Crippen LogP contribution in [0.15, 0.2) is 59.0 Å². The molecule has 2 nitrogen and oxygen atoms in total. The van der Waals surface area contributed by atoms with E-state index in [0.29, 0.717) is 18.1 Å². The molecule has 0 radical (unpaired) electrons. The lowest BCUT2D eigenvalue weighted by Gasteiger charge is -2.29. The van der Waals surface area contributed by atoms with Crippen molar-refractivity contribution < 1.29 is 9.21 Å². The molecule has 1 aliphatic carbocycles. The molecule has 2 aromatic carbocycles. The lowest BCUT2D eigenvalue weighted by molar-refractivity contribution is 0.0945. The summed E-state index contributed by atoms with van der Waals surface area (Å²) in [6, 6.07) is 17.9. The molecule has 0 saturated heterocycles. The average molecular weight is 262 g/mol. The van der Waals surface area contributed by atoms with Gasteiger partial charge in [-0.1, -0.05) is 42.5 Å². The predicted octanol–water partition coefficient (Wildman–Crippen LogP) is 4.35. The Morgan fingerprint density at radius 2 is 1.90 bits per heavy atom. The van der Waals surface area contributed by atoms with Crippen molar-refractivity contribution in [3.8, 4) is 0 Å². The molecule has 1 atom stereocenters. The second-order valence-corrected chi connectivity index (χ2v) is 5.38. The van der Waals surface area contributed by atoms with E-state index in [0.717, 1.165) is 17.4 Å². The lowest BCUT2D eigenvalue weighted by atomic mass is 9.75. The minimum absolute atomic E-state index is 0.0979. The minimum atomic E-state index is 0.0979. The van der Waals surface area contributed by atoms with Crippen molar-refractivity contribution in [2.75, 3.05) is 0 Å². The van der Waals surface area contributed by atoms with E-state index in [9.17, 15) is 4.79 Å². The molecular weight excluding hydrogens is 248 g/mol. The summed E-state index contributed by atoms with van der Waals surface area (Å²) in [5.74, 6) is 0.934. The molecule has 0 spiro atoms. The zero-order valence-electron chi connectivity index (χ0n) is 11.0. The van der Waals surface area contributed by atoms with Gasteiger partial charge in [0.2, 0.25) is 0 Å². The van der Waals surface area contributed by atoms with Gasteiger partial charge < -0.3 is 4.42 Å². The fourth-order valence-electron chi connectivity index (χ4n) is 2.99. The number of ketones is 1. The lowest BCUT2D eigenvalue weighted by Crippen LogP contribution is -2.19. The van der Waals surface area contributed by atoms with Crippen molar-refractivity contribution in [3.63, 3.8) is 0 Å². The van der Waals surface area contributed by atoms with Gasteiger partial charge in [0.15, 0.2) is 11.5 Å². The molecule has 0 aliphatic heterocycles. The van der Waals surface area contributed by atoms with Gasteiger partial charge in [0.1, 0.15) is 5.58 Å². The molecule has 98 valence electrons. The number of carbonyl (C=O) groups excluding carboxylic acids is 1. The van der Waals surface area contributed by atoms with Crippen LogP contribution in [-0.2, 0) is 6.42 Å². The normalized spacial score (nSPS) is 16.7. The number of hydrogen-bond acceptors (Lipinski definition) is 2. The second kappa shape index (κ2) is 4.34. The number of Topliss-reactive ketones (excluding diaryl/α,β-unsaturated/α-hetero) is 1. The summed E-state index contributed by atoms with van der Waals surface area (Å²) in [7, 11) is 0. The molecule has 1 aromatic heterocycles. The fourth-order valence-corrected chi connectivity index (χ4v) is 2.99. The van der Waals surface area contributed by atoms with Crippen LogP contribution >= 0.6 is 0 Å². The highest BCUT2D eigenvalue weighted by Crippen LogP contribution is 2.38. The molecule has 1 unspecified atom stereocenters. The number of fused-ring (bicyclic) bond motifs is 2. The summed E-state index contributed by atoms with van der Waals surface area (Å²) in [5, 5.41) is 0.991. The summed E-state index contributed by atoms with van der Waals surface area (Å²) in [4.78, 5) is 12.3. The van der Waals surface area contributed by atoms with Crippen molar-refractivity contribution >= 4 is 16.8 Å². The molecule has 0 amide bonds. The van der Waals surface area contributed by atoms with Crippen LogP contribution in [0.25, 0.3) is 11.0 Å². The van der Waals surface area contributed by atoms with E-state index in [1.54, 1.807) is 0 Å². The standard InChI is InChI=1S/C18H14O2/c19-16(10-14-9-12-5-1-3-7-15(12)14)18-11-13-6-2-4-8-17(13)20-18/h1-8,11,14H,9-10H2. The number of para-hydroxylation sites is 1. The topological polar surface area (TPSA) is 30.2 Å². The monoisotopic (exact) mass is 262 g/mol. The Hall–Kier alpha value is -2.35. The molecule has 0 saturated carbocycles. The maximum atomic E-state index is 12.3. The van der Waals surface area contributed by atoms with Gasteiger partial charge >= 0.3 is 0 Å². The zero-order chi connectivity index (χ0) is 13.5. The highest BCUT2D eigenvalue weighted by atomic mass is 16.3. The summed E-state index contributed by atoms with van der Waals surface area (Å²) in [6.45, 7) is 0. The molecule has 1 heterocycles. The van der Waals surface area contributed by atoms with Crippen molar-refractivity contribution in [3.05, 3.63) is 71.5 Å². The first kappa shape index (κ1) is 11.5. The molecular formula is C18H14O2. The van der Waals surface area contributed by atoms with E-state index in [1.165, 1.54) is 11.1 Å². The number of furan rings is 1. The Morgan fingerprint density at radius 1 is 1.10 bits per heavy atom. The van der Waals surface area contributed by atoms with E-state index in [4.69, 9.17) is 4.42 Å². The summed E-state index contributed by atoms with van der Waals surface area (Å²) < 4.78 is 5.64. The first-order valence-corrected chi connectivity index (χ1v) is 6.91. The van der Waals surface area contributed by atoms with E-state index < -0.39 is 0 Å². The Balaban J connectivity index is 1.57. The fraction of sp³-hybridized carbons (Fsp3) is 0.167. The highest BCUT2D eigenvalue weighted by molar-refractivity contribution is 5.98. The van der Waals surface area contributed by atoms with Gasteiger partial charge in [0, 0.05) is 11.8 Å². The quantitative estimate of drug-likeness (QED) is 0.657. The molecule has 1 aliphatic rings. The molecule has 0 N–H and O–H groups in total. The van der Waals surface area contributed by atoms with Crippen LogP contribution in [0.4, 0.5) is 0 Å². The van der Waals surface area contributed by atoms with Crippen molar-refractivity contribution in [1.29, 1.82) is 0 Å². The van der Waals surface area contributed by atoms with Crippen molar-refractivity contribution in [2.24, 2.45) is 0 Å². The van der Waals surface area contributed by atoms with Gasteiger partial charge in [-0.15, -0.1) is 0 Å². The summed E-state index contributed by atoms with van der Waals surface area (Å²) in [6.07, 6.45) is 1.54. The van der Waals surface area contributed by atoms with E-state index in [-0.39, 0.29) is 5.78 Å². The number of benzene rings is 2. The predicted molar refractivity (Wildman–Crippen MR) is 78.0 cm³/mol. The molecule has 0 bridgehead atoms. The highest BCUT2D eigenvalue weighted by Gasteiger charge is 2.28. The number of hydrogen-bond donors (Lipinski definition) is 0. The Labute approximate surface area is 117 Å². The van der Waals surface area contributed by atoms with Gasteiger partial charge in [-0.05, 0) is 35.6 Å². The van der Waals surface area contributed by atoms with Gasteiger partial charge in [-0.2, -0.15) is 0 Å². The third-order valence-corrected chi connectivity index (χ3v) is 4.09. The Bertz CT molecular complexity index is 765. The Morgan fingerprint density at radius 3 is 2.75 bits per heavy atom. The smallest absolute Gasteiger partial charge is 0.198 e. The third kappa shape index (κ3) is 1.76. The van der Waals surface area contributed by atoms with E-state index in [1.807, 2.05) is 36.4 Å². The van der Waals surface area contributed by atoms with Crippen LogP contribution in [0.2, 0.25) is 0 Å². The van der Waals surface area contributed by atoms with Gasteiger partial charge in [0.05, 0.1) is 0 Å². The van der Waals surface area contributed by atoms with Crippen LogP contribution in [0.5, 0.6) is 0 Å². The molecule has 2 heteroatoms. The van der Waals surface area contributed by atoms with E-state index >= 15 is 0 Å². The molecule has 3 aromatic rings. The van der Waals surface area contributed by atoms with Crippen molar-refractivity contribution in [2.45, 2.75) is 18.8 Å².